The number of aliphatic hydroxyl groups excluding tert-OH is 1. The predicted octanol–water partition coefficient (Wildman–Crippen LogP) is 0.494. The van der Waals surface area contributed by atoms with Crippen molar-refractivity contribution < 1.29 is 28.2 Å². The summed E-state index contributed by atoms with van der Waals surface area (Å²) in [5.74, 6) is -1.20. The summed E-state index contributed by atoms with van der Waals surface area (Å²) >= 11 is 3.81. The third kappa shape index (κ3) is 4.51. The second-order valence-corrected chi connectivity index (χ2v) is 7.62. The summed E-state index contributed by atoms with van der Waals surface area (Å²) in [6, 6.07) is 1.06. The smallest absolute Gasteiger partial charge is 0.345 e. The molecule has 1 unspecified atom stereocenters. The van der Waals surface area contributed by atoms with E-state index in [1.165, 1.54) is 7.11 Å². The lowest BCUT2D eigenvalue weighted by Crippen LogP contribution is -2.34. The number of methoxy groups -OCH3 is 1. The summed E-state index contributed by atoms with van der Waals surface area (Å²) in [5.41, 5.74) is 0. The van der Waals surface area contributed by atoms with Gasteiger partial charge in [-0.3, -0.25) is 0 Å². The number of ether oxygens (including phenoxy) is 1. The number of aliphatic hydroxyl groups is 1. The van der Waals surface area contributed by atoms with Gasteiger partial charge < -0.3 is 14.9 Å². The maximum absolute atomic E-state index is 11.9. The van der Waals surface area contributed by atoms with Gasteiger partial charge in [-0.15, -0.1) is 11.3 Å². The summed E-state index contributed by atoms with van der Waals surface area (Å²) in [7, 11) is -2.50. The van der Waals surface area contributed by atoms with Crippen LogP contribution in [0.2, 0.25) is 0 Å². The van der Waals surface area contributed by atoms with E-state index in [-0.39, 0.29) is 26.7 Å². The van der Waals surface area contributed by atoms with Crippen LogP contribution in [-0.4, -0.2) is 51.0 Å². The van der Waals surface area contributed by atoms with Gasteiger partial charge >= 0.3 is 5.97 Å². The van der Waals surface area contributed by atoms with Gasteiger partial charge in [0.05, 0.1) is 16.5 Å². The van der Waals surface area contributed by atoms with Crippen molar-refractivity contribution in [1.82, 2.24) is 4.72 Å². The number of carboxylic acids is 1. The molecule has 1 rings (SSSR count). The molecule has 1 heterocycles. The lowest BCUT2D eigenvalue weighted by molar-refractivity contribution is 0.0679. The average Bonchev–Trinajstić information content (AvgIpc) is 2.70. The van der Waals surface area contributed by atoms with Crippen LogP contribution in [0.1, 0.15) is 9.67 Å². The summed E-state index contributed by atoms with van der Waals surface area (Å²) in [6.45, 7) is -0.228. The minimum Gasteiger partial charge on any atom is -0.477 e. The second-order valence-electron chi connectivity index (χ2n) is 3.51. The zero-order valence-electron chi connectivity index (χ0n) is 9.79. The number of thiophene rings is 1. The molecule has 1 aromatic heterocycles. The van der Waals surface area contributed by atoms with Crippen molar-refractivity contribution in [3.05, 3.63) is 14.7 Å². The van der Waals surface area contributed by atoms with E-state index < -0.39 is 22.1 Å². The molecule has 0 spiro atoms. The van der Waals surface area contributed by atoms with Gasteiger partial charge in [-0.1, -0.05) is 0 Å². The summed E-state index contributed by atoms with van der Waals surface area (Å²) in [6.07, 6.45) is -0.976. The summed E-state index contributed by atoms with van der Waals surface area (Å²) < 4.78 is 30.9. The van der Waals surface area contributed by atoms with E-state index in [9.17, 15) is 18.3 Å². The van der Waals surface area contributed by atoms with Gasteiger partial charge in [0.1, 0.15) is 9.77 Å². The Morgan fingerprint density at radius 1 is 1.63 bits per heavy atom. The molecule has 108 valence electrons. The number of aromatic carboxylic acids is 1. The van der Waals surface area contributed by atoms with E-state index in [2.05, 4.69) is 25.4 Å². The molecule has 0 aliphatic carbocycles. The number of sulfonamides is 1. The molecule has 0 aromatic carbocycles. The number of carboxylic acid groups (broad SMARTS) is 1. The second kappa shape index (κ2) is 6.77. The first-order valence-corrected chi connectivity index (χ1v) is 8.06. The Balaban J connectivity index is 2.86. The van der Waals surface area contributed by atoms with Gasteiger partial charge in [0.25, 0.3) is 0 Å². The first-order valence-electron chi connectivity index (χ1n) is 4.97. The molecule has 0 radical (unpaired) electrons. The normalized spacial score (nSPS) is 13.4. The Morgan fingerprint density at radius 3 is 2.74 bits per heavy atom. The largest absolute Gasteiger partial charge is 0.477 e. The van der Waals surface area contributed by atoms with Crippen LogP contribution >= 0.6 is 27.3 Å². The van der Waals surface area contributed by atoms with Crippen molar-refractivity contribution in [3.63, 3.8) is 0 Å². The number of carbonyl (C=O) groups is 1. The lowest BCUT2D eigenvalue weighted by Gasteiger charge is -2.10. The number of hydrogen-bond acceptors (Lipinski definition) is 6. The van der Waals surface area contributed by atoms with Crippen LogP contribution < -0.4 is 4.72 Å². The molecule has 1 aromatic rings. The molecule has 0 saturated heterocycles. The van der Waals surface area contributed by atoms with E-state index >= 15 is 0 Å². The van der Waals surface area contributed by atoms with Crippen LogP contribution in [0.15, 0.2) is 14.7 Å². The van der Waals surface area contributed by atoms with Gasteiger partial charge in [-0.2, -0.15) is 0 Å². The van der Waals surface area contributed by atoms with E-state index in [1.54, 1.807) is 0 Å². The number of hydrogen-bond donors (Lipinski definition) is 3. The minimum absolute atomic E-state index is 0.00625. The molecular weight excluding hydrogens is 362 g/mol. The van der Waals surface area contributed by atoms with E-state index in [1.807, 2.05) is 0 Å². The first-order chi connectivity index (χ1) is 8.77. The number of rotatable bonds is 7. The molecule has 1 atom stereocenters. The van der Waals surface area contributed by atoms with Crippen LogP contribution in [-0.2, 0) is 14.8 Å². The van der Waals surface area contributed by atoms with Crippen LogP contribution in [0.25, 0.3) is 0 Å². The summed E-state index contributed by atoms with van der Waals surface area (Å²) in [4.78, 5) is 10.5. The molecule has 0 aliphatic rings. The van der Waals surface area contributed by atoms with Gasteiger partial charge in [0.2, 0.25) is 10.0 Å². The number of halogens is 1. The highest BCUT2D eigenvalue weighted by molar-refractivity contribution is 9.11. The third-order valence-electron chi connectivity index (χ3n) is 2.02. The van der Waals surface area contributed by atoms with E-state index in [4.69, 9.17) is 5.11 Å². The standard InChI is InChI=1S/C9H12BrNO6S2/c1-17-4-5(12)3-11-19(15,16)7-2-6(9(13)14)18-8(7)10/h2,5,11-12H,3-4H2,1H3,(H,13,14). The molecular formula is C9H12BrNO6S2. The SMILES string of the molecule is COCC(O)CNS(=O)(=O)c1cc(C(=O)O)sc1Br. The Labute approximate surface area is 122 Å². The Morgan fingerprint density at radius 2 is 2.26 bits per heavy atom. The highest BCUT2D eigenvalue weighted by atomic mass is 79.9. The zero-order valence-corrected chi connectivity index (χ0v) is 13.0. The monoisotopic (exact) mass is 373 g/mol. The van der Waals surface area contributed by atoms with Crippen molar-refractivity contribution in [2.24, 2.45) is 0 Å². The highest BCUT2D eigenvalue weighted by Crippen LogP contribution is 2.31. The lowest BCUT2D eigenvalue weighted by atomic mass is 10.4. The quantitative estimate of drug-likeness (QED) is 0.641. The van der Waals surface area contributed by atoms with Crippen molar-refractivity contribution in [1.29, 1.82) is 0 Å². The Hall–Kier alpha value is -0.520. The number of nitrogens with one attached hydrogen (secondary N) is 1. The van der Waals surface area contributed by atoms with Crippen LogP contribution in [0.3, 0.4) is 0 Å². The topological polar surface area (TPSA) is 113 Å². The zero-order chi connectivity index (χ0) is 14.6. The van der Waals surface area contributed by atoms with Crippen LogP contribution in [0, 0.1) is 0 Å². The average molecular weight is 374 g/mol. The minimum atomic E-state index is -3.88. The van der Waals surface area contributed by atoms with E-state index in [0.717, 1.165) is 17.4 Å². The molecule has 7 nitrogen and oxygen atoms in total. The maximum atomic E-state index is 11.9. The molecule has 0 fully saturated rings. The van der Waals surface area contributed by atoms with Crippen LogP contribution in [0.5, 0.6) is 0 Å². The van der Waals surface area contributed by atoms with Crippen molar-refractivity contribution >= 4 is 43.3 Å². The third-order valence-corrected chi connectivity index (χ3v) is 5.69. The predicted molar refractivity (Wildman–Crippen MR) is 72.0 cm³/mol. The van der Waals surface area contributed by atoms with E-state index in [0.29, 0.717) is 0 Å². The van der Waals surface area contributed by atoms with Gasteiger partial charge in [-0.05, 0) is 22.0 Å². The maximum Gasteiger partial charge on any atom is 0.345 e. The van der Waals surface area contributed by atoms with Crippen molar-refractivity contribution in [2.75, 3.05) is 20.3 Å². The molecule has 0 aliphatic heterocycles. The Bertz CT molecular complexity index is 555. The molecule has 0 saturated carbocycles. The molecule has 3 N–H and O–H groups in total. The molecule has 10 heteroatoms. The molecule has 0 amide bonds. The van der Waals surface area contributed by atoms with Gasteiger partial charge in [0, 0.05) is 13.7 Å². The van der Waals surface area contributed by atoms with Crippen LogP contribution in [0.4, 0.5) is 0 Å². The highest BCUT2D eigenvalue weighted by Gasteiger charge is 2.23. The fourth-order valence-electron chi connectivity index (χ4n) is 1.18. The van der Waals surface area contributed by atoms with Crippen molar-refractivity contribution in [2.45, 2.75) is 11.0 Å². The summed E-state index contributed by atoms with van der Waals surface area (Å²) in [5, 5.41) is 18.2. The fourth-order valence-corrected chi connectivity index (χ4v) is 4.65. The fraction of sp³-hybridized carbons (Fsp3) is 0.444. The van der Waals surface area contributed by atoms with Gasteiger partial charge in [-0.25, -0.2) is 17.9 Å². The first kappa shape index (κ1) is 16.5. The molecule has 0 bridgehead atoms. The Kier molecular flexibility index (Phi) is 5.89. The van der Waals surface area contributed by atoms with Gasteiger partial charge in [0.15, 0.2) is 0 Å². The van der Waals surface area contributed by atoms with Crippen molar-refractivity contribution in [3.8, 4) is 0 Å². The molecule has 19 heavy (non-hydrogen) atoms.